The Morgan fingerprint density at radius 2 is 2.19 bits per heavy atom. The van der Waals surface area contributed by atoms with Crippen LogP contribution in [0, 0.1) is 0 Å². The van der Waals surface area contributed by atoms with Gasteiger partial charge in [-0.2, -0.15) is 5.10 Å². The van der Waals surface area contributed by atoms with Crippen molar-refractivity contribution < 1.29 is 13.5 Å². The Morgan fingerprint density at radius 1 is 1.56 bits per heavy atom. The molecule has 1 unspecified atom stereocenters. The molecule has 0 spiro atoms. The third-order valence-electron chi connectivity index (χ3n) is 2.33. The second-order valence-electron chi connectivity index (χ2n) is 4.05. The molecule has 1 heterocycles. The minimum Gasteiger partial charge on any atom is -0.392 e. The number of sulfone groups is 1. The van der Waals surface area contributed by atoms with Crippen molar-refractivity contribution in [1.29, 1.82) is 0 Å². The predicted octanol–water partition coefficient (Wildman–Crippen LogP) is -0.0695. The standard InChI is InChI=1S/C10H18N2O3S/c1-4-8-5-9(12(2)11-8)6-10(13)7-16(3,14)15/h5,10,13H,4,6-7H2,1-3H3. The van der Waals surface area contributed by atoms with Crippen LogP contribution >= 0.6 is 0 Å². The van der Waals surface area contributed by atoms with E-state index >= 15 is 0 Å². The lowest BCUT2D eigenvalue weighted by Crippen LogP contribution is -2.23. The Labute approximate surface area is 96.0 Å². The van der Waals surface area contributed by atoms with Gasteiger partial charge in [0.15, 0.2) is 0 Å². The molecule has 92 valence electrons. The predicted molar refractivity (Wildman–Crippen MR) is 62.0 cm³/mol. The molecule has 0 aliphatic rings. The molecule has 0 saturated carbocycles. The molecule has 0 fully saturated rings. The molecule has 0 aromatic carbocycles. The summed E-state index contributed by atoms with van der Waals surface area (Å²) in [6.07, 6.45) is 1.40. The zero-order chi connectivity index (χ0) is 12.3. The molecule has 0 amide bonds. The molecule has 1 rings (SSSR count). The van der Waals surface area contributed by atoms with Crippen LogP contribution in [0.25, 0.3) is 0 Å². The number of aliphatic hydroxyl groups excluding tert-OH is 1. The van der Waals surface area contributed by atoms with Crippen molar-refractivity contribution in [3.05, 3.63) is 17.5 Å². The van der Waals surface area contributed by atoms with E-state index in [9.17, 15) is 13.5 Å². The van der Waals surface area contributed by atoms with Crippen molar-refractivity contribution >= 4 is 9.84 Å². The minimum atomic E-state index is -3.13. The summed E-state index contributed by atoms with van der Waals surface area (Å²) in [5.74, 6) is -0.209. The monoisotopic (exact) mass is 246 g/mol. The van der Waals surface area contributed by atoms with Crippen molar-refractivity contribution in [2.45, 2.75) is 25.9 Å². The van der Waals surface area contributed by atoms with Crippen LogP contribution in [-0.2, 0) is 29.7 Å². The number of hydrogen-bond acceptors (Lipinski definition) is 4. The van der Waals surface area contributed by atoms with Gasteiger partial charge in [0.2, 0.25) is 0 Å². The molecular formula is C10H18N2O3S. The highest BCUT2D eigenvalue weighted by Crippen LogP contribution is 2.07. The Kier molecular flexibility index (Phi) is 4.09. The molecule has 0 radical (unpaired) electrons. The fourth-order valence-electron chi connectivity index (χ4n) is 1.59. The number of rotatable bonds is 5. The summed E-state index contributed by atoms with van der Waals surface area (Å²) in [5, 5.41) is 13.9. The van der Waals surface area contributed by atoms with Gasteiger partial charge in [0, 0.05) is 25.4 Å². The topological polar surface area (TPSA) is 72.2 Å². The van der Waals surface area contributed by atoms with Gasteiger partial charge in [0.05, 0.1) is 17.6 Å². The van der Waals surface area contributed by atoms with Gasteiger partial charge in [0.25, 0.3) is 0 Å². The van der Waals surface area contributed by atoms with Gasteiger partial charge in [-0.05, 0) is 12.5 Å². The summed E-state index contributed by atoms with van der Waals surface area (Å²) in [6, 6.07) is 1.89. The van der Waals surface area contributed by atoms with E-state index < -0.39 is 15.9 Å². The fraction of sp³-hybridized carbons (Fsp3) is 0.700. The maximum atomic E-state index is 11.0. The molecule has 1 aromatic heterocycles. The summed E-state index contributed by atoms with van der Waals surface area (Å²) in [6.45, 7) is 2.00. The summed E-state index contributed by atoms with van der Waals surface area (Å²) < 4.78 is 23.7. The molecule has 0 bridgehead atoms. The number of nitrogens with zero attached hydrogens (tertiary/aromatic N) is 2. The van der Waals surface area contributed by atoms with Gasteiger partial charge in [0.1, 0.15) is 9.84 Å². The quantitative estimate of drug-likeness (QED) is 0.789. The van der Waals surface area contributed by atoms with Gasteiger partial charge in [-0.25, -0.2) is 8.42 Å². The first kappa shape index (κ1) is 13.2. The van der Waals surface area contributed by atoms with Crippen molar-refractivity contribution in [3.63, 3.8) is 0 Å². The molecule has 6 heteroatoms. The van der Waals surface area contributed by atoms with Gasteiger partial charge >= 0.3 is 0 Å². The molecule has 0 saturated heterocycles. The van der Waals surface area contributed by atoms with Crippen molar-refractivity contribution in [2.75, 3.05) is 12.0 Å². The third kappa shape index (κ3) is 3.94. The number of aliphatic hydroxyl groups is 1. The van der Waals surface area contributed by atoms with Crippen LogP contribution in [0.15, 0.2) is 6.07 Å². The Balaban J connectivity index is 2.69. The molecular weight excluding hydrogens is 228 g/mol. The zero-order valence-electron chi connectivity index (χ0n) is 9.84. The molecule has 1 aromatic rings. The van der Waals surface area contributed by atoms with E-state index in [1.165, 1.54) is 0 Å². The molecule has 1 N–H and O–H groups in total. The van der Waals surface area contributed by atoms with Gasteiger partial charge in [-0.3, -0.25) is 4.68 Å². The highest BCUT2D eigenvalue weighted by atomic mass is 32.2. The first-order valence-electron chi connectivity index (χ1n) is 5.19. The van der Waals surface area contributed by atoms with Crippen LogP contribution in [-0.4, -0.2) is 41.4 Å². The maximum Gasteiger partial charge on any atom is 0.150 e. The van der Waals surface area contributed by atoms with Crippen LogP contribution in [0.3, 0.4) is 0 Å². The van der Waals surface area contributed by atoms with Crippen molar-refractivity contribution in [1.82, 2.24) is 9.78 Å². The minimum absolute atomic E-state index is 0.209. The normalized spacial score (nSPS) is 14.0. The van der Waals surface area contributed by atoms with Gasteiger partial charge in [-0.15, -0.1) is 0 Å². The average Bonchev–Trinajstić information content (AvgIpc) is 2.44. The van der Waals surface area contributed by atoms with Crippen LogP contribution < -0.4 is 0 Å². The van der Waals surface area contributed by atoms with E-state index in [0.717, 1.165) is 24.1 Å². The molecule has 0 aliphatic heterocycles. The lowest BCUT2D eigenvalue weighted by Gasteiger charge is -2.08. The van der Waals surface area contributed by atoms with Crippen molar-refractivity contribution in [3.8, 4) is 0 Å². The lowest BCUT2D eigenvalue weighted by atomic mass is 10.2. The fourth-order valence-corrected chi connectivity index (χ4v) is 2.40. The molecule has 16 heavy (non-hydrogen) atoms. The van der Waals surface area contributed by atoms with E-state index in [1.807, 2.05) is 13.0 Å². The maximum absolute atomic E-state index is 11.0. The summed E-state index contributed by atoms with van der Waals surface area (Å²) in [4.78, 5) is 0. The van der Waals surface area contributed by atoms with E-state index in [2.05, 4.69) is 5.10 Å². The van der Waals surface area contributed by atoms with Crippen LogP contribution in [0.2, 0.25) is 0 Å². The van der Waals surface area contributed by atoms with Crippen LogP contribution in [0.1, 0.15) is 18.3 Å². The van der Waals surface area contributed by atoms with Crippen LogP contribution in [0.4, 0.5) is 0 Å². The largest absolute Gasteiger partial charge is 0.392 e. The molecule has 0 aliphatic carbocycles. The summed E-state index contributed by atoms with van der Waals surface area (Å²) in [5.41, 5.74) is 1.80. The van der Waals surface area contributed by atoms with E-state index in [4.69, 9.17) is 0 Å². The molecule has 1 atom stereocenters. The summed E-state index contributed by atoms with van der Waals surface area (Å²) >= 11 is 0. The van der Waals surface area contributed by atoms with E-state index in [1.54, 1.807) is 11.7 Å². The average molecular weight is 246 g/mol. The van der Waals surface area contributed by atoms with Crippen LogP contribution in [0.5, 0.6) is 0 Å². The number of aryl methyl sites for hydroxylation is 2. The Morgan fingerprint density at radius 3 is 2.62 bits per heavy atom. The van der Waals surface area contributed by atoms with Gasteiger partial charge in [-0.1, -0.05) is 6.92 Å². The third-order valence-corrected chi connectivity index (χ3v) is 3.32. The van der Waals surface area contributed by atoms with E-state index in [-0.39, 0.29) is 5.75 Å². The number of aromatic nitrogens is 2. The lowest BCUT2D eigenvalue weighted by molar-refractivity contribution is 0.195. The second kappa shape index (κ2) is 4.97. The smallest absolute Gasteiger partial charge is 0.150 e. The first-order valence-corrected chi connectivity index (χ1v) is 7.25. The Hall–Kier alpha value is -0.880. The SMILES string of the molecule is CCc1cc(CC(O)CS(C)(=O)=O)n(C)n1. The van der Waals surface area contributed by atoms with E-state index in [0.29, 0.717) is 6.42 Å². The second-order valence-corrected chi connectivity index (χ2v) is 6.24. The van der Waals surface area contributed by atoms with Gasteiger partial charge < -0.3 is 5.11 Å². The first-order chi connectivity index (χ1) is 7.31. The highest BCUT2D eigenvalue weighted by Gasteiger charge is 2.15. The highest BCUT2D eigenvalue weighted by molar-refractivity contribution is 7.90. The zero-order valence-corrected chi connectivity index (χ0v) is 10.7. The Bertz CT molecular complexity index is 451. The molecule has 5 nitrogen and oxygen atoms in total. The summed E-state index contributed by atoms with van der Waals surface area (Å²) in [7, 11) is -1.34. The number of hydrogen-bond donors (Lipinski definition) is 1. The van der Waals surface area contributed by atoms with Crippen molar-refractivity contribution in [2.24, 2.45) is 7.05 Å².